The molecule has 25 heavy (non-hydrogen) atoms. The summed E-state index contributed by atoms with van der Waals surface area (Å²) >= 11 is 0. The average Bonchev–Trinajstić information content (AvgIpc) is 2.59. The summed E-state index contributed by atoms with van der Waals surface area (Å²) in [7, 11) is 0. The summed E-state index contributed by atoms with van der Waals surface area (Å²) < 4.78 is 13.0. The van der Waals surface area contributed by atoms with Gasteiger partial charge in [0.15, 0.2) is 5.78 Å². The number of hydroxylamine groups is 1. The molecule has 0 spiro atoms. The number of primary amides is 1. The highest BCUT2D eigenvalue weighted by Crippen LogP contribution is 2.29. The molecule has 0 radical (unpaired) electrons. The molecule has 0 saturated carbocycles. The van der Waals surface area contributed by atoms with Gasteiger partial charge in [0.05, 0.1) is 18.3 Å². The van der Waals surface area contributed by atoms with Gasteiger partial charge in [0.25, 0.3) is 0 Å². The number of hydrogen-bond donors (Lipinski definition) is 1. The van der Waals surface area contributed by atoms with Crippen molar-refractivity contribution in [2.45, 2.75) is 19.4 Å². The van der Waals surface area contributed by atoms with Crippen LogP contribution in [0.25, 0.3) is 0 Å². The van der Waals surface area contributed by atoms with Crippen LogP contribution < -0.4 is 10.8 Å². The van der Waals surface area contributed by atoms with Crippen LogP contribution in [0.2, 0.25) is 0 Å². The third-order valence-electron chi connectivity index (χ3n) is 4.04. The Hall–Kier alpha value is -2.80. The molecule has 1 aliphatic heterocycles. The van der Waals surface area contributed by atoms with E-state index < -0.39 is 17.6 Å². The molecule has 2 atom stereocenters. The molecule has 0 saturated heterocycles. The van der Waals surface area contributed by atoms with Crippen molar-refractivity contribution in [3.8, 4) is 0 Å². The first-order chi connectivity index (χ1) is 12.0. The smallest absolute Gasteiger partial charge is 0.230 e. The number of anilines is 1. The van der Waals surface area contributed by atoms with Crippen molar-refractivity contribution in [2.75, 3.05) is 11.6 Å². The molecule has 7 heteroatoms. The van der Waals surface area contributed by atoms with Gasteiger partial charge in [-0.15, -0.1) is 0 Å². The zero-order valence-electron chi connectivity index (χ0n) is 13.7. The Kier molecular flexibility index (Phi) is 4.76. The number of nitrogens with two attached hydrogens (primary N) is 1. The maximum atomic E-state index is 13.0. The summed E-state index contributed by atoms with van der Waals surface area (Å²) in [6.07, 6.45) is 1.77. The largest absolute Gasteiger partial charge is 0.369 e. The fourth-order valence-electron chi connectivity index (χ4n) is 2.83. The van der Waals surface area contributed by atoms with E-state index in [1.54, 1.807) is 24.3 Å². The standard InChI is InChI=1S/C18H18FN3O3/c1-11(9-12-4-6-13(19)7-5-12)25-22-10-14(18(20)24)17(23)16-15(22)3-2-8-21-16/h2-8,11,14H,9-10H2,1H3,(H2,20,24). The van der Waals surface area contributed by atoms with Crippen LogP contribution in [0, 0.1) is 11.7 Å². The first kappa shape index (κ1) is 17.0. The van der Waals surface area contributed by atoms with Gasteiger partial charge in [-0.1, -0.05) is 12.1 Å². The monoisotopic (exact) mass is 343 g/mol. The van der Waals surface area contributed by atoms with E-state index in [1.165, 1.54) is 23.4 Å². The van der Waals surface area contributed by atoms with E-state index in [1.807, 2.05) is 6.92 Å². The molecule has 1 aromatic carbocycles. The molecular formula is C18H18FN3O3. The van der Waals surface area contributed by atoms with Gasteiger partial charge in [0, 0.05) is 12.6 Å². The lowest BCUT2D eigenvalue weighted by atomic mass is 9.95. The maximum absolute atomic E-state index is 13.0. The fourth-order valence-corrected chi connectivity index (χ4v) is 2.83. The molecule has 2 heterocycles. The summed E-state index contributed by atoms with van der Waals surface area (Å²) in [5, 5.41) is 1.49. The van der Waals surface area contributed by atoms with E-state index in [4.69, 9.17) is 10.6 Å². The maximum Gasteiger partial charge on any atom is 0.230 e. The van der Waals surface area contributed by atoms with Gasteiger partial charge < -0.3 is 5.73 Å². The van der Waals surface area contributed by atoms with Crippen LogP contribution in [0.1, 0.15) is 23.0 Å². The lowest BCUT2D eigenvalue weighted by Gasteiger charge is -2.34. The highest BCUT2D eigenvalue weighted by Gasteiger charge is 2.37. The Morgan fingerprint density at radius 1 is 1.40 bits per heavy atom. The van der Waals surface area contributed by atoms with Crippen LogP contribution in [-0.2, 0) is 16.1 Å². The van der Waals surface area contributed by atoms with Crippen molar-refractivity contribution in [3.63, 3.8) is 0 Å². The third-order valence-corrected chi connectivity index (χ3v) is 4.04. The highest BCUT2D eigenvalue weighted by molar-refractivity contribution is 6.13. The van der Waals surface area contributed by atoms with Gasteiger partial charge in [-0.2, -0.15) is 0 Å². The van der Waals surface area contributed by atoms with E-state index in [-0.39, 0.29) is 24.2 Å². The lowest BCUT2D eigenvalue weighted by Crippen LogP contribution is -2.46. The van der Waals surface area contributed by atoms with Crippen molar-refractivity contribution < 1.29 is 18.8 Å². The second kappa shape index (κ2) is 6.98. The van der Waals surface area contributed by atoms with E-state index in [9.17, 15) is 14.0 Å². The normalized spacial score (nSPS) is 17.9. The highest BCUT2D eigenvalue weighted by atomic mass is 19.1. The van der Waals surface area contributed by atoms with Gasteiger partial charge in [-0.25, -0.2) is 4.39 Å². The summed E-state index contributed by atoms with van der Waals surface area (Å²) in [5.41, 5.74) is 6.94. The number of carbonyl (C=O) groups excluding carboxylic acids is 2. The molecule has 2 N–H and O–H groups in total. The van der Waals surface area contributed by atoms with Gasteiger partial charge in [0.2, 0.25) is 5.91 Å². The summed E-state index contributed by atoms with van der Waals surface area (Å²) in [6.45, 7) is 1.90. The number of benzene rings is 1. The van der Waals surface area contributed by atoms with E-state index in [2.05, 4.69) is 4.98 Å². The second-order valence-electron chi connectivity index (χ2n) is 6.00. The summed E-state index contributed by atoms with van der Waals surface area (Å²) in [6, 6.07) is 9.57. The van der Waals surface area contributed by atoms with Crippen LogP contribution >= 0.6 is 0 Å². The Morgan fingerprint density at radius 3 is 2.80 bits per heavy atom. The van der Waals surface area contributed by atoms with Crippen LogP contribution in [0.15, 0.2) is 42.6 Å². The number of aromatic nitrogens is 1. The predicted octanol–water partition coefficient (Wildman–Crippen LogP) is 1.89. The number of carbonyl (C=O) groups is 2. The molecule has 0 fully saturated rings. The molecule has 0 bridgehead atoms. The van der Waals surface area contributed by atoms with Gasteiger partial charge >= 0.3 is 0 Å². The predicted molar refractivity (Wildman–Crippen MR) is 89.2 cm³/mol. The van der Waals surface area contributed by atoms with Crippen LogP contribution in [-0.4, -0.2) is 29.3 Å². The summed E-state index contributed by atoms with van der Waals surface area (Å²) in [4.78, 5) is 33.9. The molecule has 1 amide bonds. The molecule has 6 nitrogen and oxygen atoms in total. The minimum atomic E-state index is -1.000. The second-order valence-corrected chi connectivity index (χ2v) is 6.00. The minimum Gasteiger partial charge on any atom is -0.369 e. The fraction of sp³-hybridized carbons (Fsp3) is 0.278. The third kappa shape index (κ3) is 3.66. The quantitative estimate of drug-likeness (QED) is 0.838. The van der Waals surface area contributed by atoms with Gasteiger partial charge in [0.1, 0.15) is 17.4 Å². The van der Waals surface area contributed by atoms with Crippen molar-refractivity contribution in [2.24, 2.45) is 11.7 Å². The van der Waals surface area contributed by atoms with E-state index >= 15 is 0 Å². The Labute approximate surface area is 144 Å². The molecule has 1 aromatic heterocycles. The first-order valence-corrected chi connectivity index (χ1v) is 7.93. The number of ketones is 1. The molecule has 2 unspecified atom stereocenters. The van der Waals surface area contributed by atoms with Crippen molar-refractivity contribution in [1.29, 1.82) is 0 Å². The first-order valence-electron chi connectivity index (χ1n) is 7.93. The Bertz CT molecular complexity index is 794. The number of rotatable bonds is 5. The molecular weight excluding hydrogens is 325 g/mol. The molecule has 130 valence electrons. The van der Waals surface area contributed by atoms with E-state index in [0.717, 1.165) is 5.56 Å². The van der Waals surface area contributed by atoms with Crippen molar-refractivity contribution in [1.82, 2.24) is 4.98 Å². The lowest BCUT2D eigenvalue weighted by molar-refractivity contribution is -0.120. The van der Waals surface area contributed by atoms with Gasteiger partial charge in [-0.05, 0) is 36.8 Å². The Morgan fingerprint density at radius 2 is 2.12 bits per heavy atom. The average molecular weight is 343 g/mol. The number of hydrogen-bond acceptors (Lipinski definition) is 5. The molecule has 1 aliphatic rings. The number of amides is 1. The summed E-state index contributed by atoms with van der Waals surface area (Å²) in [5.74, 6) is -2.40. The van der Waals surface area contributed by atoms with Crippen LogP contribution in [0.3, 0.4) is 0 Å². The zero-order valence-corrected chi connectivity index (χ0v) is 13.7. The molecule has 0 aliphatic carbocycles. The Balaban J connectivity index is 1.78. The van der Waals surface area contributed by atoms with E-state index in [0.29, 0.717) is 12.1 Å². The zero-order chi connectivity index (χ0) is 18.0. The van der Waals surface area contributed by atoms with Crippen molar-refractivity contribution >= 4 is 17.4 Å². The minimum absolute atomic E-state index is 0.0423. The van der Waals surface area contributed by atoms with Crippen molar-refractivity contribution in [3.05, 3.63) is 59.7 Å². The number of halogens is 1. The number of pyridine rings is 1. The number of Topliss-reactive ketones (excluding diaryl/α,β-unsaturated/α-hetero) is 1. The number of nitrogens with zero attached hydrogens (tertiary/aromatic N) is 2. The van der Waals surface area contributed by atoms with Gasteiger partial charge in [-0.3, -0.25) is 24.5 Å². The van der Waals surface area contributed by atoms with Crippen LogP contribution in [0.4, 0.5) is 10.1 Å². The molecule has 2 aromatic rings. The number of fused-ring (bicyclic) bond motifs is 1. The van der Waals surface area contributed by atoms with Crippen LogP contribution in [0.5, 0.6) is 0 Å². The SMILES string of the molecule is CC(Cc1ccc(F)cc1)ON1CC(C(N)=O)C(=O)c2ncccc21. The topological polar surface area (TPSA) is 85.5 Å². The molecule has 3 rings (SSSR count).